The predicted molar refractivity (Wildman–Crippen MR) is 110 cm³/mol. The highest BCUT2D eigenvalue weighted by Crippen LogP contribution is 2.32. The van der Waals surface area contributed by atoms with E-state index in [2.05, 4.69) is 9.62 Å². The largest absolute Gasteiger partial charge is 0.490 e. The third kappa shape index (κ3) is 5.58. The third-order valence-electron chi connectivity index (χ3n) is 5.56. The number of aryl methyl sites for hydroxylation is 1. The summed E-state index contributed by atoms with van der Waals surface area (Å²) in [4.78, 5) is 1.80. The average Bonchev–Trinajstić information content (AvgIpc) is 3.40. The zero-order chi connectivity index (χ0) is 22.2. The van der Waals surface area contributed by atoms with Crippen molar-refractivity contribution >= 4 is 10.0 Å². The van der Waals surface area contributed by atoms with Gasteiger partial charge in [-0.3, -0.25) is 4.90 Å². The molecule has 0 unspecified atom stereocenters. The van der Waals surface area contributed by atoms with E-state index in [1.165, 1.54) is 13.0 Å². The minimum Gasteiger partial charge on any atom is -0.490 e. The maximum atomic E-state index is 13.0. The lowest BCUT2D eigenvalue weighted by Crippen LogP contribution is -2.37. The van der Waals surface area contributed by atoms with Gasteiger partial charge in [-0.15, -0.1) is 0 Å². The van der Waals surface area contributed by atoms with Gasteiger partial charge in [0.2, 0.25) is 10.0 Å². The first-order valence-corrected chi connectivity index (χ1v) is 11.8. The Morgan fingerprint density at radius 2 is 1.81 bits per heavy atom. The number of benzene rings is 2. The van der Waals surface area contributed by atoms with Crippen LogP contribution in [0.5, 0.6) is 5.75 Å². The van der Waals surface area contributed by atoms with Gasteiger partial charge in [-0.2, -0.15) is 13.2 Å². The van der Waals surface area contributed by atoms with E-state index < -0.39 is 21.8 Å². The van der Waals surface area contributed by atoms with Crippen LogP contribution in [-0.2, 0) is 22.7 Å². The second-order valence-corrected chi connectivity index (χ2v) is 9.96. The first-order valence-electron chi connectivity index (χ1n) is 10.3. The van der Waals surface area contributed by atoms with Crippen LogP contribution in [0.25, 0.3) is 0 Å². The molecule has 0 spiro atoms. The molecule has 0 bridgehead atoms. The molecule has 2 aromatic carbocycles. The highest BCUT2D eigenvalue weighted by atomic mass is 32.2. The quantitative estimate of drug-likeness (QED) is 0.684. The number of nitrogens with one attached hydrogen (secondary N) is 1. The maximum absolute atomic E-state index is 13.0. The Morgan fingerprint density at radius 1 is 1.10 bits per heavy atom. The van der Waals surface area contributed by atoms with E-state index in [1.807, 2.05) is 24.3 Å². The molecule has 2 aliphatic rings. The number of halogens is 3. The van der Waals surface area contributed by atoms with Crippen LogP contribution < -0.4 is 9.46 Å². The van der Waals surface area contributed by atoms with Crippen molar-refractivity contribution in [3.63, 3.8) is 0 Å². The molecule has 1 aliphatic heterocycles. The van der Waals surface area contributed by atoms with E-state index in [4.69, 9.17) is 4.74 Å². The van der Waals surface area contributed by atoms with E-state index in [-0.39, 0.29) is 16.5 Å². The molecular formula is C22H25F3N2O3S. The number of rotatable bonds is 7. The second-order valence-electron chi connectivity index (χ2n) is 8.28. The van der Waals surface area contributed by atoms with Gasteiger partial charge in [0, 0.05) is 25.7 Å². The van der Waals surface area contributed by atoms with Crippen LogP contribution in [0.4, 0.5) is 13.2 Å². The first kappa shape index (κ1) is 22.1. The number of ether oxygens (including phenoxy) is 1. The Labute approximate surface area is 180 Å². The summed E-state index contributed by atoms with van der Waals surface area (Å²) in [5.74, 6) is 0.856. The van der Waals surface area contributed by atoms with Crippen molar-refractivity contribution in [2.45, 2.75) is 55.9 Å². The lowest BCUT2D eigenvalue weighted by atomic mass is 10.1. The number of sulfonamides is 1. The van der Waals surface area contributed by atoms with E-state index in [1.54, 1.807) is 0 Å². The van der Waals surface area contributed by atoms with Crippen LogP contribution in [0, 0.1) is 6.92 Å². The molecule has 2 fully saturated rings. The molecule has 1 N–H and O–H groups in total. The minimum atomic E-state index is -4.60. The molecule has 5 nitrogen and oxygen atoms in total. The van der Waals surface area contributed by atoms with Gasteiger partial charge in [0.25, 0.3) is 0 Å². The zero-order valence-electron chi connectivity index (χ0n) is 17.2. The zero-order valence-corrected chi connectivity index (χ0v) is 18.0. The van der Waals surface area contributed by atoms with Crippen LogP contribution in [0.2, 0.25) is 0 Å². The SMILES string of the molecule is Cc1ccc(C(F)(F)F)cc1S(=O)(=O)N[C@@H]1CCN(Cc2ccc(OC3CC3)cc2)C1. The Bertz CT molecular complexity index is 1030. The topological polar surface area (TPSA) is 58.6 Å². The van der Waals surface area contributed by atoms with Gasteiger partial charge in [0.15, 0.2) is 0 Å². The van der Waals surface area contributed by atoms with E-state index in [0.717, 1.165) is 30.2 Å². The van der Waals surface area contributed by atoms with E-state index >= 15 is 0 Å². The van der Waals surface area contributed by atoms with Gasteiger partial charge in [0.1, 0.15) is 5.75 Å². The molecular weight excluding hydrogens is 429 g/mol. The van der Waals surface area contributed by atoms with Crippen molar-refractivity contribution < 1.29 is 26.3 Å². The summed E-state index contributed by atoms with van der Waals surface area (Å²) < 4.78 is 72.9. The summed E-state index contributed by atoms with van der Waals surface area (Å²) in [5.41, 5.74) is 0.407. The Balaban J connectivity index is 1.37. The number of nitrogens with zero attached hydrogens (tertiary/aromatic N) is 1. The standard InChI is InChI=1S/C22H25F3N2O3S/c1-15-2-5-17(22(23,24)25)12-21(15)31(28,29)26-18-10-11-27(14-18)13-16-3-6-19(7-4-16)30-20-8-9-20/h2-7,12,18,20,26H,8-11,13-14H2,1H3/t18-/m1/s1. The average molecular weight is 455 g/mol. The van der Waals surface area contributed by atoms with Crippen molar-refractivity contribution in [1.29, 1.82) is 0 Å². The van der Waals surface area contributed by atoms with Gasteiger partial charge in [-0.05, 0) is 61.6 Å². The third-order valence-corrected chi connectivity index (χ3v) is 7.22. The number of likely N-dealkylation sites (tertiary alicyclic amines) is 1. The fourth-order valence-electron chi connectivity index (χ4n) is 3.73. The van der Waals surface area contributed by atoms with Gasteiger partial charge < -0.3 is 4.74 Å². The van der Waals surface area contributed by atoms with Crippen LogP contribution in [0.3, 0.4) is 0 Å². The summed E-state index contributed by atoms with van der Waals surface area (Å²) in [5, 5.41) is 0. The van der Waals surface area contributed by atoms with Crippen molar-refractivity contribution in [2.24, 2.45) is 0 Å². The van der Waals surface area contributed by atoms with Crippen molar-refractivity contribution in [3.05, 3.63) is 59.2 Å². The Kier molecular flexibility index (Phi) is 6.02. The molecule has 168 valence electrons. The fourth-order valence-corrected chi connectivity index (χ4v) is 5.26. The minimum absolute atomic E-state index is 0.281. The smallest absolute Gasteiger partial charge is 0.416 e. The molecule has 1 atom stereocenters. The molecule has 1 aliphatic carbocycles. The molecule has 4 rings (SSSR count). The summed E-state index contributed by atoms with van der Waals surface area (Å²) in [6.45, 7) is 3.36. The summed E-state index contributed by atoms with van der Waals surface area (Å²) >= 11 is 0. The van der Waals surface area contributed by atoms with Crippen LogP contribution in [0.15, 0.2) is 47.4 Å². The summed E-state index contributed by atoms with van der Waals surface area (Å²) in [6, 6.07) is 10.3. The molecule has 1 heterocycles. The van der Waals surface area contributed by atoms with Crippen molar-refractivity contribution in [3.8, 4) is 5.75 Å². The lowest BCUT2D eigenvalue weighted by Gasteiger charge is -2.18. The molecule has 0 radical (unpaired) electrons. The number of alkyl halides is 3. The van der Waals surface area contributed by atoms with Crippen molar-refractivity contribution in [2.75, 3.05) is 13.1 Å². The maximum Gasteiger partial charge on any atom is 0.416 e. The molecule has 0 amide bonds. The molecule has 9 heteroatoms. The molecule has 1 saturated carbocycles. The van der Waals surface area contributed by atoms with Gasteiger partial charge in [-0.25, -0.2) is 13.1 Å². The number of hydrogen-bond donors (Lipinski definition) is 1. The lowest BCUT2D eigenvalue weighted by molar-refractivity contribution is -0.137. The van der Waals surface area contributed by atoms with E-state index in [0.29, 0.717) is 38.2 Å². The number of hydrogen-bond acceptors (Lipinski definition) is 4. The fraction of sp³-hybridized carbons (Fsp3) is 0.455. The van der Waals surface area contributed by atoms with Gasteiger partial charge in [-0.1, -0.05) is 18.2 Å². The highest BCUT2D eigenvalue weighted by Gasteiger charge is 2.33. The molecule has 2 aromatic rings. The second kappa shape index (κ2) is 8.44. The van der Waals surface area contributed by atoms with Gasteiger partial charge in [0.05, 0.1) is 16.6 Å². The normalized spacial score (nSPS) is 20.2. The van der Waals surface area contributed by atoms with Crippen molar-refractivity contribution in [1.82, 2.24) is 9.62 Å². The Morgan fingerprint density at radius 3 is 2.45 bits per heavy atom. The molecule has 31 heavy (non-hydrogen) atoms. The highest BCUT2D eigenvalue weighted by molar-refractivity contribution is 7.89. The Hall–Kier alpha value is -2.10. The van der Waals surface area contributed by atoms with Crippen LogP contribution >= 0.6 is 0 Å². The summed E-state index contributed by atoms with van der Waals surface area (Å²) in [7, 11) is -4.06. The van der Waals surface area contributed by atoms with Crippen LogP contribution in [-0.4, -0.2) is 38.6 Å². The predicted octanol–water partition coefficient (Wildman–Crippen LogP) is 4.11. The van der Waals surface area contributed by atoms with Gasteiger partial charge >= 0.3 is 6.18 Å². The molecule has 1 saturated heterocycles. The first-order chi connectivity index (χ1) is 14.6. The van der Waals surface area contributed by atoms with E-state index in [9.17, 15) is 21.6 Å². The monoisotopic (exact) mass is 454 g/mol. The summed E-state index contributed by atoms with van der Waals surface area (Å²) in [6.07, 6.45) is -1.44. The van der Waals surface area contributed by atoms with Crippen LogP contribution in [0.1, 0.15) is 36.0 Å². The molecule has 0 aromatic heterocycles.